The fraction of sp³-hybridized carbons (Fsp3) is 0. The molecule has 1 rings (SSSR count). The van der Waals surface area contributed by atoms with Gasteiger partial charge < -0.3 is 20.1 Å². The molecule has 0 fully saturated rings. The van der Waals surface area contributed by atoms with Crippen molar-refractivity contribution >= 4 is 20.3 Å². The number of hydrogen-bond donors (Lipinski definition) is 4. The van der Waals surface area contributed by atoms with Gasteiger partial charge in [-0.3, -0.25) is 4.98 Å². The zero-order chi connectivity index (χ0) is 9.40. The highest BCUT2D eigenvalue weighted by molar-refractivity contribution is 6.58. The Morgan fingerprint density at radius 1 is 1.33 bits per heavy atom. The van der Waals surface area contributed by atoms with Gasteiger partial charge in [-0.1, -0.05) is 6.07 Å². The number of pyridine rings is 1. The smallest absolute Gasteiger partial charge is 0.429 e. The van der Waals surface area contributed by atoms with Crippen LogP contribution in [0.3, 0.4) is 0 Å². The second-order valence-electron chi connectivity index (χ2n) is 1.78. The zero-order valence-electron chi connectivity index (χ0n) is 6.20. The summed E-state index contributed by atoms with van der Waals surface area (Å²) in [6.07, 6.45) is 2.98. The minimum Gasteiger partial charge on any atom is -0.429 e. The predicted octanol–water partition coefficient (Wildman–Crippen LogP) is -2.73. The van der Waals surface area contributed by atoms with Crippen molar-refractivity contribution in [2.45, 2.75) is 0 Å². The summed E-state index contributed by atoms with van der Waals surface area (Å²) in [5.74, 6) is 0. The highest BCUT2D eigenvalue weighted by Crippen LogP contribution is 1.77. The van der Waals surface area contributed by atoms with Crippen molar-refractivity contribution in [3.8, 4) is 0 Å². The third kappa shape index (κ3) is 4.86. The van der Waals surface area contributed by atoms with E-state index in [0.717, 1.165) is 0 Å². The van der Waals surface area contributed by atoms with E-state index in [1.165, 1.54) is 6.20 Å². The Morgan fingerprint density at radius 3 is 2.17 bits per heavy atom. The van der Waals surface area contributed by atoms with Crippen LogP contribution in [0.25, 0.3) is 0 Å². The summed E-state index contributed by atoms with van der Waals surface area (Å²) in [6.45, 7) is 0. The molecule has 12 heavy (non-hydrogen) atoms. The van der Waals surface area contributed by atoms with Crippen LogP contribution >= 0.6 is 0 Å². The van der Waals surface area contributed by atoms with E-state index in [1.54, 1.807) is 18.3 Å². The van der Waals surface area contributed by atoms with Crippen molar-refractivity contribution in [1.29, 1.82) is 0 Å². The van der Waals surface area contributed by atoms with Crippen LogP contribution in [0.4, 0.5) is 0 Å². The monoisotopic (exact) mass is 168 g/mol. The molecule has 1 aromatic heterocycles. The molecule has 1 radical (unpaired) electrons. The van der Waals surface area contributed by atoms with E-state index in [2.05, 4.69) is 4.98 Å². The van der Waals surface area contributed by atoms with E-state index in [-0.39, 0.29) is 7.69 Å². The molecule has 1 heterocycles. The van der Waals surface area contributed by atoms with Gasteiger partial charge in [0.15, 0.2) is 0 Å². The van der Waals surface area contributed by atoms with Crippen molar-refractivity contribution in [2.75, 3.05) is 0 Å². The standard InChI is InChI=1S/C5H6BNO2.BH2O2/c8-6(9)5-2-1-3-7-4-5;2-1-3/h1-4,8-9H;2-3H. The van der Waals surface area contributed by atoms with Crippen molar-refractivity contribution in [2.24, 2.45) is 0 Å². The average molecular weight is 168 g/mol. The van der Waals surface area contributed by atoms with Crippen LogP contribution in [0.2, 0.25) is 0 Å². The van der Waals surface area contributed by atoms with E-state index in [9.17, 15) is 0 Å². The van der Waals surface area contributed by atoms with E-state index in [1.807, 2.05) is 0 Å². The molecule has 0 aliphatic rings. The van der Waals surface area contributed by atoms with E-state index in [4.69, 9.17) is 20.1 Å². The van der Waals surface area contributed by atoms with Crippen LogP contribution in [0, 0.1) is 0 Å². The normalized spacial score (nSPS) is 8.00. The Labute approximate surface area is 70.8 Å². The summed E-state index contributed by atoms with van der Waals surface area (Å²) in [5.41, 5.74) is 0.414. The minimum atomic E-state index is -1.40. The van der Waals surface area contributed by atoms with E-state index >= 15 is 0 Å². The molecule has 0 aliphatic heterocycles. The first-order chi connectivity index (χ1) is 5.72. The highest BCUT2D eigenvalue weighted by Gasteiger charge is 2.08. The third-order valence-corrected chi connectivity index (χ3v) is 0.983. The molecular weight excluding hydrogens is 160 g/mol. The van der Waals surface area contributed by atoms with Gasteiger partial charge in [0.05, 0.1) is 0 Å². The quantitative estimate of drug-likeness (QED) is 0.341. The molecule has 5 nitrogen and oxygen atoms in total. The SMILES string of the molecule is OB(O)c1cccnc1.O[B]O. The molecule has 0 unspecified atom stereocenters. The molecule has 0 aromatic carbocycles. The lowest BCUT2D eigenvalue weighted by atomic mass is 9.82. The fourth-order valence-electron chi connectivity index (χ4n) is 0.529. The maximum atomic E-state index is 8.54. The first-order valence-corrected chi connectivity index (χ1v) is 3.08. The molecule has 1 aromatic rings. The van der Waals surface area contributed by atoms with Crippen molar-refractivity contribution in [1.82, 2.24) is 4.98 Å². The Hall–Kier alpha value is -0.880. The maximum Gasteiger partial charge on any atom is 0.490 e. The average Bonchev–Trinajstić information content (AvgIpc) is 2.07. The first-order valence-electron chi connectivity index (χ1n) is 3.08. The molecule has 4 N–H and O–H groups in total. The molecule has 0 saturated heterocycles. The topological polar surface area (TPSA) is 93.8 Å². The number of nitrogens with zero attached hydrogens (tertiary/aromatic N) is 1. The van der Waals surface area contributed by atoms with Gasteiger partial charge in [0.25, 0.3) is 0 Å². The van der Waals surface area contributed by atoms with Crippen LogP contribution < -0.4 is 5.46 Å². The lowest BCUT2D eigenvalue weighted by Crippen LogP contribution is -2.29. The molecule has 7 heteroatoms. The van der Waals surface area contributed by atoms with Gasteiger partial charge in [-0.15, -0.1) is 0 Å². The minimum absolute atomic E-state index is 0. The number of rotatable bonds is 1. The first kappa shape index (κ1) is 11.1. The summed E-state index contributed by atoms with van der Waals surface area (Å²) in [5, 5.41) is 31.1. The van der Waals surface area contributed by atoms with Crippen LogP contribution in [0.1, 0.15) is 0 Å². The Morgan fingerprint density at radius 2 is 1.92 bits per heavy atom. The van der Waals surface area contributed by atoms with Gasteiger partial charge in [-0.25, -0.2) is 0 Å². The molecule has 63 valence electrons. The van der Waals surface area contributed by atoms with Gasteiger partial charge in [0.2, 0.25) is 0 Å². The Balaban J connectivity index is 0.000000354. The molecule has 0 aliphatic carbocycles. The van der Waals surface area contributed by atoms with Gasteiger partial charge in [-0.05, 0) is 6.07 Å². The molecular formula is C5H8B2NO4. The predicted molar refractivity (Wildman–Crippen MR) is 44.3 cm³/mol. The summed E-state index contributed by atoms with van der Waals surface area (Å²) >= 11 is 0. The summed E-state index contributed by atoms with van der Waals surface area (Å²) in [7, 11) is -1.40. The molecule has 0 bridgehead atoms. The molecule has 0 atom stereocenters. The second-order valence-corrected chi connectivity index (χ2v) is 1.78. The summed E-state index contributed by atoms with van der Waals surface area (Å²) in [4.78, 5) is 3.69. The fourth-order valence-corrected chi connectivity index (χ4v) is 0.529. The van der Waals surface area contributed by atoms with Crippen LogP contribution in [-0.4, -0.2) is 39.9 Å². The number of aromatic nitrogens is 1. The van der Waals surface area contributed by atoms with Crippen LogP contribution in [0.15, 0.2) is 24.5 Å². The van der Waals surface area contributed by atoms with Gasteiger partial charge in [0.1, 0.15) is 0 Å². The van der Waals surface area contributed by atoms with Gasteiger partial charge in [-0.2, -0.15) is 0 Å². The van der Waals surface area contributed by atoms with Crippen LogP contribution in [-0.2, 0) is 0 Å². The zero-order valence-corrected chi connectivity index (χ0v) is 6.20. The second kappa shape index (κ2) is 6.81. The largest absolute Gasteiger partial charge is 0.490 e. The summed E-state index contributed by atoms with van der Waals surface area (Å²) < 4.78 is 0. The lowest BCUT2D eigenvalue weighted by molar-refractivity contribution is 0.425. The summed E-state index contributed by atoms with van der Waals surface area (Å²) in [6, 6.07) is 3.24. The number of hydrogen-bond acceptors (Lipinski definition) is 5. The lowest BCUT2D eigenvalue weighted by Gasteiger charge is -1.93. The molecule has 0 spiro atoms. The van der Waals surface area contributed by atoms with Gasteiger partial charge >= 0.3 is 14.8 Å². The highest BCUT2D eigenvalue weighted by atomic mass is 16.4. The van der Waals surface area contributed by atoms with Crippen molar-refractivity contribution in [3.63, 3.8) is 0 Å². The van der Waals surface area contributed by atoms with Crippen molar-refractivity contribution in [3.05, 3.63) is 24.5 Å². The third-order valence-electron chi connectivity index (χ3n) is 0.983. The Bertz CT molecular complexity index is 196. The van der Waals surface area contributed by atoms with Crippen LogP contribution in [0.5, 0.6) is 0 Å². The van der Waals surface area contributed by atoms with E-state index < -0.39 is 7.12 Å². The molecule has 0 saturated carbocycles. The van der Waals surface area contributed by atoms with Gasteiger partial charge in [0, 0.05) is 17.9 Å². The molecule has 0 amide bonds. The maximum absolute atomic E-state index is 8.54. The van der Waals surface area contributed by atoms with E-state index in [0.29, 0.717) is 5.46 Å². The Kier molecular flexibility index (Phi) is 6.31. The van der Waals surface area contributed by atoms with Crippen molar-refractivity contribution < 1.29 is 20.1 Å².